The van der Waals surface area contributed by atoms with E-state index in [0.29, 0.717) is 40.8 Å². The number of hydrogen-bond donors (Lipinski definition) is 3. The molecule has 1 amide bonds. The van der Waals surface area contributed by atoms with E-state index < -0.39 is 19.9 Å². The van der Waals surface area contributed by atoms with Gasteiger partial charge in [-0.2, -0.15) is 0 Å². The Morgan fingerprint density at radius 3 is 2.51 bits per heavy atom. The fourth-order valence-corrected chi connectivity index (χ4v) is 4.72. The summed E-state index contributed by atoms with van der Waals surface area (Å²) in [5.41, 5.74) is 4.18. The van der Waals surface area contributed by atoms with Crippen molar-refractivity contribution in [3.05, 3.63) is 113 Å². The number of hydrogen-bond acceptors (Lipinski definition) is 6. The van der Waals surface area contributed by atoms with Crippen molar-refractivity contribution in [3.63, 3.8) is 0 Å². The molecular formula is C29H26BF2N7O2. The molecule has 9 nitrogen and oxygen atoms in total. The lowest BCUT2D eigenvalue weighted by atomic mass is 9.98. The topological polar surface area (TPSA) is 109 Å². The zero-order valence-corrected chi connectivity index (χ0v) is 21.9. The highest BCUT2D eigenvalue weighted by Gasteiger charge is 2.29. The number of aromatic nitrogens is 4. The van der Waals surface area contributed by atoms with Crippen LogP contribution in [0, 0.1) is 0 Å². The normalized spacial score (nSPS) is 15.5. The van der Waals surface area contributed by atoms with Crippen LogP contribution in [0.1, 0.15) is 41.3 Å². The number of carbonyl (C=O) groups excluding carboxylic acids is 1. The molecule has 4 aromatic rings. The molecule has 0 spiro atoms. The van der Waals surface area contributed by atoms with Gasteiger partial charge in [0.15, 0.2) is 5.84 Å². The Morgan fingerprint density at radius 1 is 1.02 bits per heavy atom. The summed E-state index contributed by atoms with van der Waals surface area (Å²) in [6.45, 7) is -0.273. The number of aliphatic imine (C=N–C) groups is 1. The third-order valence-corrected chi connectivity index (χ3v) is 6.91. The summed E-state index contributed by atoms with van der Waals surface area (Å²) in [5, 5.41) is 23.2. The molecule has 2 aromatic carbocycles. The summed E-state index contributed by atoms with van der Waals surface area (Å²) in [5.74, 6) is 0.672. The molecule has 1 fully saturated rings. The zero-order chi connectivity index (χ0) is 28.3. The van der Waals surface area contributed by atoms with Crippen molar-refractivity contribution in [2.75, 3.05) is 17.2 Å². The number of carbonyl (C=O) groups is 1. The lowest BCUT2D eigenvalue weighted by Gasteiger charge is -2.16. The van der Waals surface area contributed by atoms with E-state index in [0.717, 1.165) is 28.6 Å². The Kier molecular flexibility index (Phi) is 7.30. The number of allylic oxidation sites excluding steroid dienone is 2. The minimum atomic E-state index is -2.83. The SMILES string of the molecule is O=C(CO)Nc1ccc(/C(=C2\C=CC(n3cc(C4CC4)nn3)=N2)c2ccc(NCc3ccccc3)n2B(F)F)cc1. The lowest BCUT2D eigenvalue weighted by molar-refractivity contribution is -0.118. The monoisotopic (exact) mass is 553 g/mol. The smallest absolute Gasteiger partial charge is 0.387 e. The Morgan fingerprint density at radius 2 is 1.80 bits per heavy atom. The van der Waals surface area contributed by atoms with Crippen LogP contribution in [0.5, 0.6) is 0 Å². The average molecular weight is 553 g/mol. The van der Waals surface area contributed by atoms with E-state index in [4.69, 9.17) is 10.1 Å². The first-order chi connectivity index (χ1) is 20.0. The summed E-state index contributed by atoms with van der Waals surface area (Å²) in [6, 6.07) is 19.6. The maximum Gasteiger partial charge on any atom is 0.679 e. The van der Waals surface area contributed by atoms with Crippen LogP contribution in [-0.2, 0) is 11.3 Å². The molecule has 3 heterocycles. The van der Waals surface area contributed by atoms with Gasteiger partial charge in [-0.25, -0.2) is 9.67 Å². The number of amides is 1. The van der Waals surface area contributed by atoms with Gasteiger partial charge in [-0.15, -0.1) is 5.10 Å². The minimum Gasteiger partial charge on any atom is -0.387 e. The fraction of sp³-hybridized carbons (Fsp3) is 0.172. The van der Waals surface area contributed by atoms with E-state index in [-0.39, 0.29) is 11.5 Å². The number of aliphatic hydroxyl groups is 1. The van der Waals surface area contributed by atoms with Gasteiger partial charge in [-0.05, 0) is 60.4 Å². The number of anilines is 2. The van der Waals surface area contributed by atoms with Crippen molar-refractivity contribution in [1.29, 1.82) is 0 Å². The highest BCUT2D eigenvalue weighted by molar-refractivity contribution is 6.42. The molecule has 206 valence electrons. The molecule has 0 unspecified atom stereocenters. The lowest BCUT2D eigenvalue weighted by Crippen LogP contribution is -2.19. The van der Waals surface area contributed by atoms with Gasteiger partial charge in [0.05, 0.1) is 23.4 Å². The molecule has 0 radical (unpaired) electrons. The molecule has 1 aliphatic heterocycles. The highest BCUT2D eigenvalue weighted by Crippen LogP contribution is 2.39. The van der Waals surface area contributed by atoms with E-state index in [2.05, 4.69) is 20.9 Å². The van der Waals surface area contributed by atoms with E-state index in [1.807, 2.05) is 36.5 Å². The van der Waals surface area contributed by atoms with Crippen LogP contribution in [-0.4, -0.2) is 50.3 Å². The van der Waals surface area contributed by atoms with Crippen LogP contribution in [0.4, 0.5) is 20.1 Å². The second-order valence-electron chi connectivity index (χ2n) is 9.80. The molecule has 0 saturated heterocycles. The van der Waals surface area contributed by atoms with E-state index in [9.17, 15) is 13.4 Å². The highest BCUT2D eigenvalue weighted by atomic mass is 19.2. The van der Waals surface area contributed by atoms with Crippen LogP contribution in [0.3, 0.4) is 0 Å². The van der Waals surface area contributed by atoms with Gasteiger partial charge < -0.3 is 20.2 Å². The van der Waals surface area contributed by atoms with Gasteiger partial charge in [-0.1, -0.05) is 47.7 Å². The number of rotatable bonds is 9. The van der Waals surface area contributed by atoms with Crippen molar-refractivity contribution in [2.24, 2.45) is 4.99 Å². The number of halogens is 2. The molecule has 0 atom stereocenters. The third-order valence-electron chi connectivity index (χ3n) is 6.91. The Balaban J connectivity index is 1.41. The third kappa shape index (κ3) is 5.73. The van der Waals surface area contributed by atoms with Crippen molar-refractivity contribution >= 4 is 36.2 Å². The molecular weight excluding hydrogens is 527 g/mol. The van der Waals surface area contributed by atoms with Crippen LogP contribution in [0.2, 0.25) is 0 Å². The van der Waals surface area contributed by atoms with Gasteiger partial charge in [0.2, 0.25) is 5.91 Å². The first-order valence-electron chi connectivity index (χ1n) is 13.2. The summed E-state index contributed by atoms with van der Waals surface area (Å²) in [4.78, 5) is 16.4. The minimum absolute atomic E-state index is 0.264. The number of nitrogens with one attached hydrogen (secondary N) is 2. The standard InChI is InChI=1S/C29H26BF2N7O2/c31-30(32)39-25(13-15-26(39)33-16-19-4-2-1-3-5-19)29(21-8-10-22(11-9-21)34-28(41)18-40)23-12-14-27(35-23)38-17-24(36-37-38)20-6-7-20/h1-5,8-15,17,20,33,40H,6-7,16,18H2,(H,34,41)/b29-23-. The predicted molar refractivity (Wildman–Crippen MR) is 154 cm³/mol. The van der Waals surface area contributed by atoms with Crippen LogP contribution in [0.25, 0.3) is 5.57 Å². The van der Waals surface area contributed by atoms with Crippen molar-refractivity contribution in [3.8, 4) is 0 Å². The van der Waals surface area contributed by atoms with Gasteiger partial charge >= 0.3 is 7.40 Å². The van der Waals surface area contributed by atoms with E-state index in [1.165, 1.54) is 0 Å². The molecule has 41 heavy (non-hydrogen) atoms. The Bertz CT molecular complexity index is 1660. The Labute approximate surface area is 235 Å². The van der Waals surface area contributed by atoms with Crippen molar-refractivity contribution in [2.45, 2.75) is 25.3 Å². The summed E-state index contributed by atoms with van der Waals surface area (Å²) < 4.78 is 31.8. The second kappa shape index (κ2) is 11.3. The Hall–Kier alpha value is -4.84. The summed E-state index contributed by atoms with van der Waals surface area (Å²) in [7, 11) is -2.83. The quantitative estimate of drug-likeness (QED) is 0.264. The van der Waals surface area contributed by atoms with Crippen LogP contribution >= 0.6 is 0 Å². The molecule has 1 aliphatic carbocycles. The summed E-state index contributed by atoms with van der Waals surface area (Å²) >= 11 is 0. The first-order valence-corrected chi connectivity index (χ1v) is 13.2. The molecule has 6 rings (SSSR count). The van der Waals surface area contributed by atoms with E-state index >= 15 is 0 Å². The van der Waals surface area contributed by atoms with Crippen LogP contribution < -0.4 is 10.6 Å². The molecule has 2 aliphatic rings. The number of benzene rings is 2. The summed E-state index contributed by atoms with van der Waals surface area (Å²) in [6.07, 6.45) is 7.59. The first kappa shape index (κ1) is 26.4. The number of aliphatic hydroxyl groups excluding tert-OH is 1. The fourth-order valence-electron chi connectivity index (χ4n) is 4.72. The van der Waals surface area contributed by atoms with Crippen molar-refractivity contribution in [1.82, 2.24) is 19.5 Å². The average Bonchev–Trinajstić information content (AvgIpc) is 3.35. The van der Waals surface area contributed by atoms with E-state index in [1.54, 1.807) is 53.2 Å². The van der Waals surface area contributed by atoms with Gasteiger partial charge in [0, 0.05) is 29.4 Å². The van der Waals surface area contributed by atoms with Crippen molar-refractivity contribution < 1.29 is 18.5 Å². The maximum absolute atomic E-state index is 14.6. The predicted octanol–water partition coefficient (Wildman–Crippen LogP) is 4.55. The molecule has 0 bridgehead atoms. The molecule has 12 heteroatoms. The molecule has 1 saturated carbocycles. The van der Waals surface area contributed by atoms with Gasteiger partial charge in [-0.3, -0.25) is 13.4 Å². The zero-order valence-electron chi connectivity index (χ0n) is 21.9. The number of nitrogens with zero attached hydrogens (tertiary/aromatic N) is 5. The molecule has 3 N–H and O–H groups in total. The van der Waals surface area contributed by atoms with Crippen LogP contribution in [0.15, 0.2) is 95.8 Å². The van der Waals surface area contributed by atoms with Gasteiger partial charge in [0.25, 0.3) is 0 Å². The largest absolute Gasteiger partial charge is 0.679 e. The van der Waals surface area contributed by atoms with Gasteiger partial charge in [0.1, 0.15) is 6.61 Å². The molecule has 2 aromatic heterocycles. The maximum atomic E-state index is 14.6. The second-order valence-corrected chi connectivity index (χ2v) is 9.80.